The van der Waals surface area contributed by atoms with E-state index in [0.29, 0.717) is 14.4 Å². The lowest BCUT2D eigenvalue weighted by Crippen LogP contribution is -2.20. The van der Waals surface area contributed by atoms with E-state index in [9.17, 15) is 10.1 Å². The molecule has 7 heteroatoms. The molecule has 1 aliphatic rings. The molecule has 1 aliphatic heterocycles. The van der Waals surface area contributed by atoms with Crippen LogP contribution in [0, 0.1) is 10.1 Å². The van der Waals surface area contributed by atoms with Crippen LogP contribution in [-0.2, 0) is 6.42 Å². The average molecular weight is 285 g/mol. The van der Waals surface area contributed by atoms with Crippen molar-refractivity contribution >= 4 is 32.9 Å². The van der Waals surface area contributed by atoms with E-state index in [0.717, 1.165) is 36.9 Å². The van der Waals surface area contributed by atoms with Gasteiger partial charge in [0, 0.05) is 6.54 Å². The first kappa shape index (κ1) is 13.6. The molecule has 18 heavy (non-hydrogen) atoms. The van der Waals surface area contributed by atoms with Gasteiger partial charge in [0.2, 0.25) is 0 Å². The van der Waals surface area contributed by atoms with Crippen LogP contribution in [0.3, 0.4) is 0 Å². The molecule has 1 atom stereocenters. The Balaban J connectivity index is 2.33. The van der Waals surface area contributed by atoms with Crippen LogP contribution in [0.4, 0.5) is 11.5 Å². The molecular formula is C11H16N3O2PS. The van der Waals surface area contributed by atoms with Gasteiger partial charge in [-0.3, -0.25) is 0 Å². The van der Waals surface area contributed by atoms with Crippen molar-refractivity contribution in [1.82, 2.24) is 4.98 Å². The SMILES string of the molecule is O=[N+]([O-])c1ncc(CCS)cc1N1CCCCP1. The Labute approximate surface area is 113 Å². The van der Waals surface area contributed by atoms with Gasteiger partial charge in [-0.15, -0.1) is 0 Å². The number of aromatic nitrogens is 1. The Kier molecular flexibility index (Phi) is 4.78. The van der Waals surface area contributed by atoms with Gasteiger partial charge < -0.3 is 14.8 Å². The highest BCUT2D eigenvalue weighted by molar-refractivity contribution is 7.80. The maximum absolute atomic E-state index is 11.0. The molecule has 2 heterocycles. The predicted molar refractivity (Wildman–Crippen MR) is 78.2 cm³/mol. The molecule has 98 valence electrons. The van der Waals surface area contributed by atoms with E-state index < -0.39 is 0 Å². The third-order valence-electron chi connectivity index (χ3n) is 2.88. The van der Waals surface area contributed by atoms with Crippen LogP contribution in [0.5, 0.6) is 0 Å². The number of hydrogen-bond donors (Lipinski definition) is 1. The van der Waals surface area contributed by atoms with Gasteiger partial charge >= 0.3 is 5.82 Å². The summed E-state index contributed by atoms with van der Waals surface area (Å²) >= 11 is 4.19. The Morgan fingerprint density at radius 2 is 2.39 bits per heavy atom. The number of nitro groups is 1. The molecule has 2 rings (SSSR count). The summed E-state index contributed by atoms with van der Waals surface area (Å²) in [7, 11) is 0.628. The molecule has 5 nitrogen and oxygen atoms in total. The van der Waals surface area contributed by atoms with Gasteiger partial charge in [0.05, 0.1) is 0 Å². The summed E-state index contributed by atoms with van der Waals surface area (Å²) in [5, 5.41) is 11.0. The normalized spacial score (nSPS) is 17.1. The second-order valence-electron chi connectivity index (χ2n) is 4.18. The average Bonchev–Trinajstić information content (AvgIpc) is 2.40. The molecule has 0 saturated carbocycles. The van der Waals surface area contributed by atoms with Crippen molar-refractivity contribution in [2.24, 2.45) is 0 Å². The first-order valence-electron chi connectivity index (χ1n) is 5.97. The predicted octanol–water partition coefficient (Wildman–Crippen LogP) is 2.66. The summed E-state index contributed by atoms with van der Waals surface area (Å²) in [6.07, 6.45) is 5.81. The fourth-order valence-electron chi connectivity index (χ4n) is 1.99. The largest absolute Gasteiger partial charge is 0.387 e. The quantitative estimate of drug-likeness (QED) is 0.400. The van der Waals surface area contributed by atoms with Gasteiger partial charge in [0.15, 0.2) is 0 Å². The van der Waals surface area contributed by atoms with Crippen molar-refractivity contribution in [3.63, 3.8) is 0 Å². The summed E-state index contributed by atoms with van der Waals surface area (Å²) in [6, 6.07) is 1.90. The zero-order valence-electron chi connectivity index (χ0n) is 10.0. The number of anilines is 1. The molecule has 1 aromatic rings. The summed E-state index contributed by atoms with van der Waals surface area (Å²) in [5.41, 5.74) is 1.69. The highest BCUT2D eigenvalue weighted by atomic mass is 32.1. The van der Waals surface area contributed by atoms with Crippen molar-refractivity contribution < 1.29 is 4.92 Å². The van der Waals surface area contributed by atoms with E-state index >= 15 is 0 Å². The molecule has 0 amide bonds. The number of pyridine rings is 1. The van der Waals surface area contributed by atoms with Crippen molar-refractivity contribution in [2.75, 3.05) is 23.1 Å². The standard InChI is InChI=1S/C11H16N3O2PS/c15-14(16)11-10(13-4-1-2-5-17-13)7-9(3-6-18)8-12-11/h7-8,17-18H,1-6H2. The van der Waals surface area contributed by atoms with Crippen molar-refractivity contribution in [2.45, 2.75) is 19.3 Å². The van der Waals surface area contributed by atoms with Crippen LogP contribution in [-0.4, -0.2) is 28.4 Å². The first-order chi connectivity index (χ1) is 8.72. The molecule has 0 aliphatic carbocycles. The zero-order valence-corrected chi connectivity index (χ0v) is 11.9. The summed E-state index contributed by atoms with van der Waals surface area (Å²) < 4.78 is 2.11. The Hall–Kier alpha value is -0.870. The van der Waals surface area contributed by atoms with E-state index in [4.69, 9.17) is 0 Å². The maximum Gasteiger partial charge on any atom is 0.387 e. The number of hydrogen-bond acceptors (Lipinski definition) is 5. The molecule has 1 unspecified atom stereocenters. The van der Waals surface area contributed by atoms with E-state index in [1.807, 2.05) is 6.07 Å². The van der Waals surface area contributed by atoms with E-state index in [1.54, 1.807) is 6.20 Å². The smallest absolute Gasteiger partial charge is 0.358 e. The Morgan fingerprint density at radius 1 is 1.56 bits per heavy atom. The molecule has 1 fully saturated rings. The Bertz CT molecular complexity index is 438. The van der Waals surface area contributed by atoms with Crippen molar-refractivity contribution in [3.8, 4) is 0 Å². The second kappa shape index (κ2) is 6.34. The minimum atomic E-state index is -0.390. The van der Waals surface area contributed by atoms with E-state index in [2.05, 4.69) is 22.3 Å². The highest BCUT2D eigenvalue weighted by Gasteiger charge is 2.23. The topological polar surface area (TPSA) is 59.3 Å². The Morgan fingerprint density at radius 3 is 3.00 bits per heavy atom. The van der Waals surface area contributed by atoms with Gasteiger partial charge in [-0.05, 0) is 61.4 Å². The van der Waals surface area contributed by atoms with Gasteiger partial charge in [-0.25, -0.2) is 0 Å². The summed E-state index contributed by atoms with van der Waals surface area (Å²) in [6.45, 7) is 0.894. The van der Waals surface area contributed by atoms with Crippen LogP contribution in [0.2, 0.25) is 0 Å². The molecule has 0 aromatic carbocycles. The van der Waals surface area contributed by atoms with Crippen LogP contribution in [0.1, 0.15) is 18.4 Å². The number of rotatable bonds is 4. The lowest BCUT2D eigenvalue weighted by molar-refractivity contribution is -0.388. The molecule has 0 bridgehead atoms. The maximum atomic E-state index is 11.0. The third kappa shape index (κ3) is 3.12. The lowest BCUT2D eigenvalue weighted by Gasteiger charge is -2.27. The molecule has 0 N–H and O–H groups in total. The van der Waals surface area contributed by atoms with Crippen LogP contribution >= 0.6 is 21.4 Å². The van der Waals surface area contributed by atoms with Gasteiger partial charge in [-0.2, -0.15) is 12.6 Å². The van der Waals surface area contributed by atoms with Crippen LogP contribution in [0.25, 0.3) is 0 Å². The highest BCUT2D eigenvalue weighted by Crippen LogP contribution is 2.37. The zero-order chi connectivity index (χ0) is 13.0. The second-order valence-corrected chi connectivity index (χ2v) is 5.99. The lowest BCUT2D eigenvalue weighted by atomic mass is 10.2. The third-order valence-corrected chi connectivity index (χ3v) is 4.53. The minimum Gasteiger partial charge on any atom is -0.358 e. The molecule has 0 radical (unpaired) electrons. The van der Waals surface area contributed by atoms with E-state index in [1.165, 1.54) is 6.42 Å². The number of aryl methyl sites for hydroxylation is 1. The van der Waals surface area contributed by atoms with Crippen molar-refractivity contribution in [3.05, 3.63) is 27.9 Å². The fourth-order valence-corrected chi connectivity index (χ4v) is 3.57. The van der Waals surface area contributed by atoms with Gasteiger partial charge in [-0.1, -0.05) is 0 Å². The monoisotopic (exact) mass is 285 g/mol. The molecule has 0 spiro atoms. The fraction of sp³-hybridized carbons (Fsp3) is 0.545. The van der Waals surface area contributed by atoms with Crippen molar-refractivity contribution in [1.29, 1.82) is 0 Å². The summed E-state index contributed by atoms with van der Waals surface area (Å²) in [4.78, 5) is 14.6. The molecular weight excluding hydrogens is 269 g/mol. The summed E-state index contributed by atoms with van der Waals surface area (Å²) in [5.74, 6) is 0.702. The minimum absolute atomic E-state index is 0.0210. The van der Waals surface area contributed by atoms with Gasteiger partial charge in [0.1, 0.15) is 11.9 Å². The number of thiol groups is 1. The van der Waals surface area contributed by atoms with Crippen LogP contribution in [0.15, 0.2) is 12.3 Å². The van der Waals surface area contributed by atoms with Gasteiger partial charge in [0.25, 0.3) is 0 Å². The number of nitrogens with zero attached hydrogens (tertiary/aromatic N) is 3. The van der Waals surface area contributed by atoms with E-state index in [-0.39, 0.29) is 10.7 Å². The first-order valence-corrected chi connectivity index (χ1v) is 7.76. The molecule has 1 saturated heterocycles. The molecule has 1 aromatic heterocycles. The van der Waals surface area contributed by atoms with Crippen LogP contribution < -0.4 is 4.67 Å².